The number of aryl methyl sites for hydroxylation is 3. The van der Waals surface area contributed by atoms with E-state index < -0.39 is 0 Å². The van der Waals surface area contributed by atoms with Crippen LogP contribution < -0.4 is 0 Å². The first-order valence-electron chi connectivity index (χ1n) is 7.96. The summed E-state index contributed by atoms with van der Waals surface area (Å²) < 4.78 is 7.96. The highest BCUT2D eigenvalue weighted by Crippen LogP contribution is 2.23. The number of H-pyrrole nitrogens is 1. The number of ether oxygens (including phenoxy) is 1. The molecule has 22 heavy (non-hydrogen) atoms. The first-order chi connectivity index (χ1) is 10.6. The van der Waals surface area contributed by atoms with Gasteiger partial charge in [0.15, 0.2) is 0 Å². The van der Waals surface area contributed by atoms with Crippen molar-refractivity contribution in [3.63, 3.8) is 0 Å². The molecule has 3 heterocycles. The average molecular weight is 303 g/mol. The molecule has 6 nitrogen and oxygen atoms in total. The van der Waals surface area contributed by atoms with Crippen molar-refractivity contribution in [2.75, 3.05) is 19.7 Å². The molecule has 3 rings (SSSR count). The number of aromatic amines is 1. The van der Waals surface area contributed by atoms with Crippen LogP contribution in [0.4, 0.5) is 0 Å². The van der Waals surface area contributed by atoms with E-state index in [4.69, 9.17) is 4.74 Å². The summed E-state index contributed by atoms with van der Waals surface area (Å²) in [4.78, 5) is 10.1. The van der Waals surface area contributed by atoms with Gasteiger partial charge in [-0.1, -0.05) is 0 Å². The SMILES string of the molecule is CCn1nc(C)c(CN2CCO[C@H](c3ncc(C)[nH]3)C2)c1C. The summed E-state index contributed by atoms with van der Waals surface area (Å²) in [6, 6.07) is 0. The maximum atomic E-state index is 5.88. The van der Waals surface area contributed by atoms with Crippen molar-refractivity contribution >= 4 is 0 Å². The van der Waals surface area contributed by atoms with Gasteiger partial charge in [0.2, 0.25) is 0 Å². The third kappa shape index (κ3) is 2.94. The van der Waals surface area contributed by atoms with Crippen molar-refractivity contribution in [2.45, 2.75) is 46.9 Å². The van der Waals surface area contributed by atoms with Crippen LogP contribution in [-0.2, 0) is 17.8 Å². The first kappa shape index (κ1) is 15.2. The van der Waals surface area contributed by atoms with Gasteiger partial charge in [-0.15, -0.1) is 0 Å². The fourth-order valence-electron chi connectivity index (χ4n) is 3.10. The number of imidazole rings is 1. The minimum atomic E-state index is 0.0317. The maximum absolute atomic E-state index is 5.88. The molecule has 1 saturated heterocycles. The highest BCUT2D eigenvalue weighted by molar-refractivity contribution is 5.24. The van der Waals surface area contributed by atoms with Crippen molar-refractivity contribution in [1.29, 1.82) is 0 Å². The van der Waals surface area contributed by atoms with Gasteiger partial charge in [-0.25, -0.2) is 4.98 Å². The van der Waals surface area contributed by atoms with Gasteiger partial charge in [-0.3, -0.25) is 9.58 Å². The number of nitrogens with zero attached hydrogens (tertiary/aromatic N) is 4. The van der Waals surface area contributed by atoms with Crippen LogP contribution in [0.25, 0.3) is 0 Å². The predicted molar refractivity (Wildman–Crippen MR) is 84.7 cm³/mol. The molecule has 0 spiro atoms. The van der Waals surface area contributed by atoms with Crippen LogP contribution >= 0.6 is 0 Å². The summed E-state index contributed by atoms with van der Waals surface area (Å²) in [5.74, 6) is 0.930. The van der Waals surface area contributed by atoms with E-state index >= 15 is 0 Å². The fourth-order valence-corrected chi connectivity index (χ4v) is 3.10. The van der Waals surface area contributed by atoms with Crippen LogP contribution in [0.15, 0.2) is 6.20 Å². The van der Waals surface area contributed by atoms with E-state index in [2.05, 4.69) is 45.4 Å². The third-order valence-electron chi connectivity index (χ3n) is 4.39. The Morgan fingerprint density at radius 1 is 1.36 bits per heavy atom. The van der Waals surface area contributed by atoms with Crippen LogP contribution in [0, 0.1) is 20.8 Å². The normalized spacial score (nSPS) is 19.7. The van der Waals surface area contributed by atoms with Gasteiger partial charge in [0.25, 0.3) is 0 Å². The standard InChI is InChI=1S/C16H25N5O/c1-5-21-13(4)14(12(3)19-21)9-20-6-7-22-15(10-20)16-17-8-11(2)18-16/h8,15H,5-7,9-10H2,1-4H3,(H,17,18)/t15-/m0/s1. The van der Waals surface area contributed by atoms with E-state index in [9.17, 15) is 0 Å². The predicted octanol–water partition coefficient (Wildman–Crippen LogP) is 2.12. The molecule has 1 aliphatic rings. The summed E-state index contributed by atoms with van der Waals surface area (Å²) in [6.07, 6.45) is 1.89. The first-order valence-corrected chi connectivity index (χ1v) is 7.96. The topological polar surface area (TPSA) is 59.0 Å². The summed E-state index contributed by atoms with van der Waals surface area (Å²) >= 11 is 0. The molecule has 1 fully saturated rings. The van der Waals surface area contributed by atoms with Gasteiger partial charge >= 0.3 is 0 Å². The van der Waals surface area contributed by atoms with Crippen molar-refractivity contribution in [3.05, 3.63) is 34.7 Å². The summed E-state index contributed by atoms with van der Waals surface area (Å²) in [5, 5.41) is 4.61. The molecule has 0 bridgehead atoms. The maximum Gasteiger partial charge on any atom is 0.136 e. The summed E-state index contributed by atoms with van der Waals surface area (Å²) in [5.41, 5.74) is 4.83. The second kappa shape index (κ2) is 6.22. The average Bonchev–Trinajstić information content (AvgIpc) is 3.06. The molecule has 1 atom stereocenters. The molecule has 1 aliphatic heterocycles. The molecule has 0 amide bonds. The van der Waals surface area contributed by atoms with Gasteiger partial charge in [-0.2, -0.15) is 5.10 Å². The summed E-state index contributed by atoms with van der Waals surface area (Å²) in [6.45, 7) is 12.8. The molecule has 2 aromatic rings. The molecule has 0 aliphatic carbocycles. The van der Waals surface area contributed by atoms with E-state index in [1.807, 2.05) is 13.1 Å². The Labute approximate surface area is 131 Å². The number of hydrogen-bond donors (Lipinski definition) is 1. The Morgan fingerprint density at radius 2 is 2.18 bits per heavy atom. The molecule has 120 valence electrons. The lowest BCUT2D eigenvalue weighted by molar-refractivity contribution is -0.0369. The zero-order chi connectivity index (χ0) is 15.7. The van der Waals surface area contributed by atoms with Crippen LogP contribution in [0.5, 0.6) is 0 Å². The minimum absolute atomic E-state index is 0.0317. The molecule has 0 unspecified atom stereocenters. The highest BCUT2D eigenvalue weighted by atomic mass is 16.5. The smallest absolute Gasteiger partial charge is 0.136 e. The second-order valence-corrected chi connectivity index (χ2v) is 6.01. The number of hydrogen-bond acceptors (Lipinski definition) is 4. The lowest BCUT2D eigenvalue weighted by atomic mass is 10.1. The van der Waals surface area contributed by atoms with Crippen molar-refractivity contribution in [3.8, 4) is 0 Å². The quantitative estimate of drug-likeness (QED) is 0.940. The Bertz CT molecular complexity index is 645. The molecule has 0 radical (unpaired) electrons. The van der Waals surface area contributed by atoms with E-state index in [-0.39, 0.29) is 6.10 Å². The Hall–Kier alpha value is -1.66. The van der Waals surface area contributed by atoms with Crippen LogP contribution in [0.2, 0.25) is 0 Å². The van der Waals surface area contributed by atoms with Gasteiger partial charge in [0.05, 0.1) is 12.3 Å². The fraction of sp³-hybridized carbons (Fsp3) is 0.625. The zero-order valence-electron chi connectivity index (χ0n) is 13.9. The lowest BCUT2D eigenvalue weighted by Gasteiger charge is -2.32. The number of aromatic nitrogens is 4. The molecular formula is C16H25N5O. The van der Waals surface area contributed by atoms with Crippen LogP contribution in [0.3, 0.4) is 0 Å². The molecular weight excluding hydrogens is 278 g/mol. The van der Waals surface area contributed by atoms with Crippen LogP contribution in [0.1, 0.15) is 41.5 Å². The third-order valence-corrected chi connectivity index (χ3v) is 4.39. The van der Waals surface area contributed by atoms with Crippen molar-refractivity contribution < 1.29 is 4.74 Å². The largest absolute Gasteiger partial charge is 0.368 e. The monoisotopic (exact) mass is 303 g/mol. The van der Waals surface area contributed by atoms with E-state index in [0.717, 1.165) is 50.0 Å². The second-order valence-electron chi connectivity index (χ2n) is 6.01. The van der Waals surface area contributed by atoms with Gasteiger partial charge in [0, 0.05) is 49.3 Å². The number of rotatable bonds is 4. The lowest BCUT2D eigenvalue weighted by Crippen LogP contribution is -2.38. The van der Waals surface area contributed by atoms with E-state index in [0.29, 0.717) is 0 Å². The van der Waals surface area contributed by atoms with Gasteiger partial charge in [0.1, 0.15) is 11.9 Å². The molecule has 1 N–H and O–H groups in total. The van der Waals surface area contributed by atoms with Crippen molar-refractivity contribution in [2.24, 2.45) is 0 Å². The molecule has 2 aromatic heterocycles. The van der Waals surface area contributed by atoms with Crippen LogP contribution in [-0.4, -0.2) is 44.3 Å². The Morgan fingerprint density at radius 3 is 2.82 bits per heavy atom. The number of nitrogens with one attached hydrogen (secondary N) is 1. The van der Waals surface area contributed by atoms with Gasteiger partial charge in [-0.05, 0) is 27.7 Å². The van der Waals surface area contributed by atoms with E-state index in [1.165, 1.54) is 11.3 Å². The summed E-state index contributed by atoms with van der Waals surface area (Å²) in [7, 11) is 0. The zero-order valence-corrected chi connectivity index (χ0v) is 13.9. The molecule has 0 aromatic carbocycles. The van der Waals surface area contributed by atoms with Crippen molar-refractivity contribution in [1.82, 2.24) is 24.6 Å². The minimum Gasteiger partial charge on any atom is -0.368 e. The Kier molecular flexibility index (Phi) is 4.31. The molecule has 6 heteroatoms. The highest BCUT2D eigenvalue weighted by Gasteiger charge is 2.25. The Balaban J connectivity index is 1.72. The van der Waals surface area contributed by atoms with E-state index in [1.54, 1.807) is 0 Å². The van der Waals surface area contributed by atoms with Gasteiger partial charge < -0.3 is 9.72 Å². The number of morpholine rings is 1. The molecule has 0 saturated carbocycles.